The van der Waals surface area contributed by atoms with Crippen LogP contribution >= 0.6 is 0 Å². The molecule has 2 fully saturated rings. The predicted octanol–water partition coefficient (Wildman–Crippen LogP) is 1.72. The summed E-state index contributed by atoms with van der Waals surface area (Å²) in [7, 11) is 0. The van der Waals surface area contributed by atoms with Crippen molar-refractivity contribution in [2.24, 2.45) is 5.92 Å². The Labute approximate surface area is 127 Å². The van der Waals surface area contributed by atoms with E-state index in [9.17, 15) is 9.90 Å². The summed E-state index contributed by atoms with van der Waals surface area (Å²) in [5.74, 6) is 0.852. The van der Waals surface area contributed by atoms with Gasteiger partial charge in [-0.05, 0) is 37.3 Å². The Morgan fingerprint density at radius 3 is 2.73 bits per heavy atom. The number of carbonyl (C=O) groups is 1. The van der Waals surface area contributed by atoms with Crippen LogP contribution in [0, 0.1) is 5.92 Å². The van der Waals surface area contributed by atoms with Crippen LogP contribution in [-0.4, -0.2) is 44.7 Å². The average molecular weight is 299 g/mol. The Bertz CT molecular complexity index is 679. The molecule has 0 spiro atoms. The predicted molar refractivity (Wildman–Crippen MR) is 77.9 cm³/mol. The number of amides is 1. The number of hydrogen-bond donors (Lipinski definition) is 1. The highest BCUT2D eigenvalue weighted by Gasteiger charge is 2.48. The molecular formula is C16H17N3O3. The summed E-state index contributed by atoms with van der Waals surface area (Å²) in [4.78, 5) is 18.3. The van der Waals surface area contributed by atoms with Crippen LogP contribution in [0.25, 0.3) is 11.4 Å². The van der Waals surface area contributed by atoms with E-state index < -0.39 is 5.60 Å². The van der Waals surface area contributed by atoms with Crippen LogP contribution in [0.5, 0.6) is 0 Å². The molecule has 0 radical (unpaired) electrons. The summed E-state index contributed by atoms with van der Waals surface area (Å²) in [6, 6.07) is 7.15. The molecule has 1 aromatic heterocycles. The maximum atomic E-state index is 12.5. The van der Waals surface area contributed by atoms with Crippen LogP contribution in [0.3, 0.4) is 0 Å². The van der Waals surface area contributed by atoms with Crippen molar-refractivity contribution in [2.45, 2.75) is 24.9 Å². The molecule has 1 saturated heterocycles. The third-order valence-electron chi connectivity index (χ3n) is 4.66. The molecule has 1 N–H and O–H groups in total. The molecule has 114 valence electrons. The van der Waals surface area contributed by atoms with Gasteiger partial charge in [-0.1, -0.05) is 17.3 Å². The van der Waals surface area contributed by atoms with Gasteiger partial charge in [0, 0.05) is 17.7 Å². The second-order valence-corrected chi connectivity index (χ2v) is 6.19. The quantitative estimate of drug-likeness (QED) is 0.933. The minimum Gasteiger partial charge on any atom is -0.388 e. The number of aliphatic hydroxyl groups is 1. The van der Waals surface area contributed by atoms with Crippen LogP contribution in [0.4, 0.5) is 0 Å². The maximum absolute atomic E-state index is 12.5. The Morgan fingerprint density at radius 2 is 2.09 bits per heavy atom. The summed E-state index contributed by atoms with van der Waals surface area (Å²) in [6.45, 7) is 1.07. The topological polar surface area (TPSA) is 79.5 Å². The number of rotatable bonds is 3. The van der Waals surface area contributed by atoms with Crippen molar-refractivity contribution < 1.29 is 14.4 Å². The first kappa shape index (κ1) is 13.5. The molecule has 0 bridgehead atoms. The second kappa shape index (κ2) is 4.91. The molecular weight excluding hydrogens is 282 g/mol. The maximum Gasteiger partial charge on any atom is 0.253 e. The fraction of sp³-hybridized carbons (Fsp3) is 0.438. The van der Waals surface area contributed by atoms with Crippen molar-refractivity contribution in [2.75, 3.05) is 13.1 Å². The summed E-state index contributed by atoms with van der Waals surface area (Å²) in [5.41, 5.74) is 0.758. The van der Waals surface area contributed by atoms with E-state index in [0.29, 0.717) is 36.8 Å². The van der Waals surface area contributed by atoms with E-state index in [1.54, 1.807) is 29.2 Å². The minimum absolute atomic E-state index is 0.0313. The van der Waals surface area contributed by atoms with Crippen molar-refractivity contribution in [3.63, 3.8) is 0 Å². The van der Waals surface area contributed by atoms with Gasteiger partial charge in [-0.2, -0.15) is 4.98 Å². The zero-order chi connectivity index (χ0) is 15.2. The van der Waals surface area contributed by atoms with Gasteiger partial charge in [0.2, 0.25) is 12.2 Å². The number of nitrogens with zero attached hydrogens (tertiary/aromatic N) is 3. The molecule has 4 rings (SSSR count). The summed E-state index contributed by atoms with van der Waals surface area (Å²) >= 11 is 0. The van der Waals surface area contributed by atoms with Crippen molar-refractivity contribution >= 4 is 5.91 Å². The van der Waals surface area contributed by atoms with Crippen LogP contribution in [0.15, 0.2) is 35.2 Å². The van der Waals surface area contributed by atoms with E-state index in [2.05, 4.69) is 10.1 Å². The fourth-order valence-electron chi connectivity index (χ4n) is 3.19. The number of hydrogen-bond acceptors (Lipinski definition) is 5. The molecule has 2 heterocycles. The Morgan fingerprint density at radius 1 is 1.32 bits per heavy atom. The number of benzene rings is 1. The van der Waals surface area contributed by atoms with Gasteiger partial charge in [0.15, 0.2) is 0 Å². The lowest BCUT2D eigenvalue weighted by Crippen LogP contribution is -2.37. The van der Waals surface area contributed by atoms with Crippen LogP contribution in [0.1, 0.15) is 29.6 Å². The van der Waals surface area contributed by atoms with E-state index in [1.807, 2.05) is 0 Å². The standard InChI is InChI=1S/C16H17N3O3/c20-15(19-8-7-16(21,9-19)13-5-6-13)12-3-1-11(2-4-12)14-17-10-22-18-14/h1-4,10,13,21H,5-9H2. The van der Waals surface area contributed by atoms with Crippen molar-refractivity contribution in [1.29, 1.82) is 0 Å². The molecule has 1 saturated carbocycles. The lowest BCUT2D eigenvalue weighted by molar-refractivity contribution is 0.0257. The normalized spacial score (nSPS) is 24.7. The van der Waals surface area contributed by atoms with Gasteiger partial charge in [-0.15, -0.1) is 0 Å². The van der Waals surface area contributed by atoms with Crippen molar-refractivity contribution in [3.8, 4) is 11.4 Å². The zero-order valence-electron chi connectivity index (χ0n) is 12.1. The smallest absolute Gasteiger partial charge is 0.253 e. The summed E-state index contributed by atoms with van der Waals surface area (Å²) < 4.78 is 4.72. The summed E-state index contributed by atoms with van der Waals surface area (Å²) in [6.07, 6.45) is 4.12. The Hall–Kier alpha value is -2.21. The molecule has 1 aliphatic heterocycles. The van der Waals surface area contributed by atoms with Crippen molar-refractivity contribution in [3.05, 3.63) is 36.2 Å². The van der Waals surface area contributed by atoms with Crippen LogP contribution in [-0.2, 0) is 0 Å². The number of β-amino-alcohol motifs (C(OH)–C–C–N with tert-alkyl or cyclic N) is 1. The van der Waals surface area contributed by atoms with Gasteiger partial charge < -0.3 is 14.5 Å². The van der Waals surface area contributed by atoms with E-state index in [1.165, 1.54) is 6.39 Å². The second-order valence-electron chi connectivity index (χ2n) is 6.19. The molecule has 6 nitrogen and oxygen atoms in total. The van der Waals surface area contributed by atoms with Gasteiger partial charge >= 0.3 is 0 Å². The third kappa shape index (κ3) is 2.29. The largest absolute Gasteiger partial charge is 0.388 e. The molecule has 1 unspecified atom stereocenters. The highest BCUT2D eigenvalue weighted by Crippen LogP contribution is 2.44. The van der Waals surface area contributed by atoms with Gasteiger partial charge in [-0.3, -0.25) is 4.79 Å². The molecule has 2 aliphatic rings. The van der Waals surface area contributed by atoms with E-state index in [4.69, 9.17) is 4.52 Å². The van der Waals surface area contributed by atoms with Crippen molar-refractivity contribution in [1.82, 2.24) is 15.0 Å². The lowest BCUT2D eigenvalue weighted by atomic mass is 9.97. The van der Waals surface area contributed by atoms with Gasteiger partial charge in [0.1, 0.15) is 0 Å². The highest BCUT2D eigenvalue weighted by molar-refractivity contribution is 5.94. The summed E-state index contributed by atoms with van der Waals surface area (Å²) in [5, 5.41) is 14.3. The van der Waals surface area contributed by atoms with Crippen LogP contribution < -0.4 is 0 Å². The monoisotopic (exact) mass is 299 g/mol. The molecule has 1 aliphatic carbocycles. The average Bonchev–Trinajstić information content (AvgIpc) is 3.12. The molecule has 6 heteroatoms. The molecule has 1 atom stereocenters. The third-order valence-corrected chi connectivity index (χ3v) is 4.66. The SMILES string of the molecule is O=C(c1ccc(-c2ncon2)cc1)N1CCC(O)(C2CC2)C1. The Kier molecular flexibility index (Phi) is 3.00. The molecule has 1 aromatic carbocycles. The van der Waals surface area contributed by atoms with Gasteiger partial charge in [0.05, 0.1) is 12.1 Å². The first-order chi connectivity index (χ1) is 10.7. The fourth-order valence-corrected chi connectivity index (χ4v) is 3.19. The van der Waals surface area contributed by atoms with E-state index in [-0.39, 0.29) is 5.91 Å². The first-order valence-electron chi connectivity index (χ1n) is 7.54. The Balaban J connectivity index is 1.49. The van der Waals surface area contributed by atoms with Gasteiger partial charge in [0.25, 0.3) is 5.91 Å². The minimum atomic E-state index is -0.666. The zero-order valence-corrected chi connectivity index (χ0v) is 12.1. The van der Waals surface area contributed by atoms with Crippen LogP contribution in [0.2, 0.25) is 0 Å². The lowest BCUT2D eigenvalue weighted by Gasteiger charge is -2.23. The molecule has 2 aromatic rings. The molecule has 1 amide bonds. The van der Waals surface area contributed by atoms with Gasteiger partial charge in [-0.25, -0.2) is 0 Å². The number of aromatic nitrogens is 2. The highest BCUT2D eigenvalue weighted by atomic mass is 16.5. The van der Waals surface area contributed by atoms with E-state index >= 15 is 0 Å². The first-order valence-corrected chi connectivity index (χ1v) is 7.54. The number of likely N-dealkylation sites (tertiary alicyclic amines) is 1. The number of carbonyl (C=O) groups excluding carboxylic acids is 1. The molecule has 22 heavy (non-hydrogen) atoms. The van der Waals surface area contributed by atoms with E-state index in [0.717, 1.165) is 18.4 Å².